The summed E-state index contributed by atoms with van der Waals surface area (Å²) in [7, 11) is 3.46. The summed E-state index contributed by atoms with van der Waals surface area (Å²) in [6.45, 7) is 0.376. The molecule has 0 saturated carbocycles. The quantitative estimate of drug-likeness (QED) is 0.574. The Kier molecular flexibility index (Phi) is 3.78. The van der Waals surface area contributed by atoms with Crippen LogP contribution in [0.5, 0.6) is 0 Å². The summed E-state index contributed by atoms with van der Waals surface area (Å²) in [5, 5.41) is 18.2. The van der Waals surface area contributed by atoms with Crippen molar-refractivity contribution in [2.24, 2.45) is 7.05 Å². The van der Waals surface area contributed by atoms with Gasteiger partial charge in [-0.25, -0.2) is 0 Å². The number of hydrogen-bond donors (Lipinski definition) is 0. The number of carbonyl (C=O) groups excluding carboxylic acids is 1. The van der Waals surface area contributed by atoms with Crippen molar-refractivity contribution in [2.75, 3.05) is 7.05 Å². The lowest BCUT2D eigenvalue weighted by atomic mass is 10.4. The van der Waals surface area contributed by atoms with Gasteiger partial charge in [-0.3, -0.25) is 9.48 Å². The molecule has 0 radical (unpaired) electrons. The number of nitro groups is 1. The molecule has 0 fully saturated rings. The van der Waals surface area contributed by atoms with Crippen LogP contribution < -0.4 is 0 Å². The van der Waals surface area contributed by atoms with E-state index in [9.17, 15) is 14.9 Å². The fraction of sp³-hybridized carbons (Fsp3) is 0.364. The van der Waals surface area contributed by atoms with Gasteiger partial charge in [0.1, 0.15) is 6.54 Å². The largest absolute Gasteiger partial charge is 0.389 e. The zero-order chi connectivity index (χ0) is 14.7. The second-order valence-corrected chi connectivity index (χ2v) is 4.32. The van der Waals surface area contributed by atoms with Gasteiger partial charge in [0.15, 0.2) is 0 Å². The smallest absolute Gasteiger partial charge is 0.358 e. The van der Waals surface area contributed by atoms with Crippen molar-refractivity contribution in [1.82, 2.24) is 24.5 Å². The summed E-state index contributed by atoms with van der Waals surface area (Å²) in [5.74, 6) is -0.462. The van der Waals surface area contributed by atoms with Crippen LogP contribution in [0.3, 0.4) is 0 Å². The van der Waals surface area contributed by atoms with Crippen molar-refractivity contribution in [2.45, 2.75) is 13.1 Å². The lowest BCUT2D eigenvalue weighted by Crippen LogP contribution is -2.30. The summed E-state index contributed by atoms with van der Waals surface area (Å²) in [6, 6.07) is 3.08. The number of nitrogens with zero attached hydrogens (tertiary/aromatic N) is 6. The van der Waals surface area contributed by atoms with E-state index in [1.165, 1.54) is 21.8 Å². The Morgan fingerprint density at radius 3 is 2.80 bits per heavy atom. The molecule has 2 aromatic heterocycles. The van der Waals surface area contributed by atoms with E-state index in [-0.39, 0.29) is 18.3 Å². The molecular formula is C11H14N6O3. The maximum atomic E-state index is 12.0. The van der Waals surface area contributed by atoms with Crippen LogP contribution in [-0.4, -0.2) is 42.3 Å². The number of rotatable bonds is 5. The summed E-state index contributed by atoms with van der Waals surface area (Å²) < 4.78 is 2.93. The summed E-state index contributed by atoms with van der Waals surface area (Å²) >= 11 is 0. The van der Waals surface area contributed by atoms with E-state index in [1.54, 1.807) is 25.0 Å². The molecular weight excluding hydrogens is 264 g/mol. The van der Waals surface area contributed by atoms with Gasteiger partial charge in [-0.05, 0) is 11.0 Å². The Bertz CT molecular complexity index is 632. The zero-order valence-electron chi connectivity index (χ0n) is 11.1. The Balaban J connectivity index is 1.97. The van der Waals surface area contributed by atoms with E-state index in [1.807, 2.05) is 6.07 Å². The predicted octanol–water partition coefficient (Wildman–Crippen LogP) is 0.183. The molecule has 2 aromatic rings. The van der Waals surface area contributed by atoms with Gasteiger partial charge < -0.3 is 15.0 Å². The van der Waals surface area contributed by atoms with Gasteiger partial charge in [-0.15, -0.1) is 0 Å². The molecule has 0 bridgehead atoms. The molecule has 0 spiro atoms. The molecule has 0 aromatic carbocycles. The van der Waals surface area contributed by atoms with Crippen LogP contribution in [0.25, 0.3) is 0 Å². The van der Waals surface area contributed by atoms with Crippen LogP contribution in [0.15, 0.2) is 24.5 Å². The molecule has 106 valence electrons. The second kappa shape index (κ2) is 5.51. The van der Waals surface area contributed by atoms with Crippen molar-refractivity contribution in [3.05, 3.63) is 40.3 Å². The molecule has 0 N–H and O–H groups in total. The second-order valence-electron chi connectivity index (χ2n) is 4.32. The van der Waals surface area contributed by atoms with Gasteiger partial charge in [0.25, 0.3) is 0 Å². The molecule has 2 heterocycles. The third kappa shape index (κ3) is 2.99. The number of carbonyl (C=O) groups is 1. The number of aromatic nitrogens is 4. The first-order valence-corrected chi connectivity index (χ1v) is 5.86. The minimum absolute atomic E-state index is 0.0395. The molecule has 0 aliphatic carbocycles. The number of amides is 1. The number of aryl methyl sites for hydroxylation is 1. The molecule has 9 nitrogen and oxygen atoms in total. The average molecular weight is 278 g/mol. The van der Waals surface area contributed by atoms with E-state index in [0.29, 0.717) is 6.54 Å². The fourth-order valence-electron chi connectivity index (χ4n) is 1.68. The monoisotopic (exact) mass is 278 g/mol. The predicted molar refractivity (Wildman–Crippen MR) is 68.6 cm³/mol. The van der Waals surface area contributed by atoms with Crippen molar-refractivity contribution < 1.29 is 9.72 Å². The van der Waals surface area contributed by atoms with Crippen LogP contribution in [0.2, 0.25) is 0 Å². The topological polar surface area (TPSA) is 99.1 Å². The van der Waals surface area contributed by atoms with E-state index in [2.05, 4.69) is 10.2 Å². The van der Waals surface area contributed by atoms with Crippen LogP contribution in [0.4, 0.5) is 5.82 Å². The first-order valence-electron chi connectivity index (χ1n) is 5.86. The summed E-state index contributed by atoms with van der Waals surface area (Å²) in [4.78, 5) is 23.4. The van der Waals surface area contributed by atoms with Gasteiger partial charge in [-0.2, -0.15) is 9.78 Å². The standard InChI is InChI=1S/C11H14N6O3/c1-14(7-9-3-5-12-15(9)2)11(18)8-16-6-4-10(13-16)17(19)20/h3-6H,7-8H2,1-2H3. The molecule has 0 aliphatic rings. The van der Waals surface area contributed by atoms with E-state index < -0.39 is 4.92 Å². The molecule has 0 aliphatic heterocycles. The minimum Gasteiger partial charge on any atom is -0.358 e. The zero-order valence-corrected chi connectivity index (χ0v) is 11.1. The lowest BCUT2D eigenvalue weighted by Gasteiger charge is -2.16. The summed E-state index contributed by atoms with van der Waals surface area (Å²) in [5.41, 5.74) is 0.896. The highest BCUT2D eigenvalue weighted by molar-refractivity contribution is 5.75. The Morgan fingerprint density at radius 2 is 2.25 bits per heavy atom. The average Bonchev–Trinajstić information content (AvgIpc) is 2.99. The highest BCUT2D eigenvalue weighted by Gasteiger charge is 2.16. The maximum absolute atomic E-state index is 12.0. The van der Waals surface area contributed by atoms with Crippen LogP contribution >= 0.6 is 0 Å². The number of likely N-dealkylation sites (N-methyl/N-ethyl adjacent to an activating group) is 1. The van der Waals surface area contributed by atoms with E-state index in [4.69, 9.17) is 0 Å². The third-order valence-electron chi connectivity index (χ3n) is 2.86. The molecule has 2 rings (SSSR count). The molecule has 0 unspecified atom stereocenters. The van der Waals surface area contributed by atoms with E-state index >= 15 is 0 Å². The highest BCUT2D eigenvalue weighted by atomic mass is 16.6. The molecule has 0 atom stereocenters. The fourth-order valence-corrected chi connectivity index (χ4v) is 1.68. The Hall–Kier alpha value is -2.71. The minimum atomic E-state index is -0.597. The SMILES string of the molecule is CN(Cc1ccnn1C)C(=O)Cn1ccc([N+](=O)[O-])n1. The van der Waals surface area contributed by atoms with Crippen LogP contribution in [0.1, 0.15) is 5.69 Å². The molecule has 0 saturated heterocycles. The van der Waals surface area contributed by atoms with Gasteiger partial charge in [0, 0.05) is 20.3 Å². The van der Waals surface area contributed by atoms with Gasteiger partial charge >= 0.3 is 5.82 Å². The number of hydrogen-bond acceptors (Lipinski definition) is 5. The highest BCUT2D eigenvalue weighted by Crippen LogP contribution is 2.06. The normalized spacial score (nSPS) is 10.5. The maximum Gasteiger partial charge on any atom is 0.389 e. The molecule has 1 amide bonds. The van der Waals surface area contributed by atoms with Crippen molar-refractivity contribution in [3.63, 3.8) is 0 Å². The third-order valence-corrected chi connectivity index (χ3v) is 2.86. The Morgan fingerprint density at radius 1 is 1.50 bits per heavy atom. The first kappa shape index (κ1) is 13.7. The van der Waals surface area contributed by atoms with Crippen molar-refractivity contribution >= 4 is 11.7 Å². The van der Waals surface area contributed by atoms with Crippen LogP contribution in [-0.2, 0) is 24.9 Å². The summed E-state index contributed by atoms with van der Waals surface area (Å²) in [6.07, 6.45) is 3.07. The first-order chi connectivity index (χ1) is 9.47. The van der Waals surface area contributed by atoms with Gasteiger partial charge in [0.05, 0.1) is 29.6 Å². The van der Waals surface area contributed by atoms with Gasteiger partial charge in [-0.1, -0.05) is 0 Å². The van der Waals surface area contributed by atoms with Crippen molar-refractivity contribution in [3.8, 4) is 0 Å². The van der Waals surface area contributed by atoms with E-state index in [0.717, 1.165) is 5.69 Å². The van der Waals surface area contributed by atoms with Gasteiger partial charge in [0.2, 0.25) is 5.91 Å². The van der Waals surface area contributed by atoms with Crippen LogP contribution in [0, 0.1) is 10.1 Å². The molecule has 9 heteroatoms. The lowest BCUT2D eigenvalue weighted by molar-refractivity contribution is -0.389. The molecule has 20 heavy (non-hydrogen) atoms. The van der Waals surface area contributed by atoms with Crippen molar-refractivity contribution in [1.29, 1.82) is 0 Å². The Labute approximate surface area is 114 Å².